The third-order valence-corrected chi connectivity index (χ3v) is 4.05. The minimum atomic E-state index is 0.0357. The van der Waals surface area contributed by atoms with Gasteiger partial charge in [-0.1, -0.05) is 6.07 Å². The molecule has 0 radical (unpaired) electrons. The number of aromatic nitrogens is 1. The van der Waals surface area contributed by atoms with Crippen molar-refractivity contribution >= 4 is 0 Å². The van der Waals surface area contributed by atoms with E-state index in [0.717, 1.165) is 26.3 Å². The first-order chi connectivity index (χ1) is 9.05. The SMILES string of the molecule is CNC(c1cncc(C)c1)C(C)(C)N1CCOCC1. The van der Waals surface area contributed by atoms with E-state index in [-0.39, 0.29) is 11.6 Å². The molecule has 106 valence electrons. The molecule has 19 heavy (non-hydrogen) atoms. The van der Waals surface area contributed by atoms with Crippen molar-refractivity contribution in [1.82, 2.24) is 15.2 Å². The van der Waals surface area contributed by atoms with Crippen molar-refractivity contribution in [3.05, 3.63) is 29.6 Å². The Morgan fingerprint density at radius 1 is 1.32 bits per heavy atom. The van der Waals surface area contributed by atoms with Crippen LogP contribution in [0.2, 0.25) is 0 Å². The lowest BCUT2D eigenvalue weighted by atomic mass is 9.87. The van der Waals surface area contributed by atoms with E-state index >= 15 is 0 Å². The number of aryl methyl sites for hydroxylation is 1. The fraction of sp³-hybridized carbons (Fsp3) is 0.667. The van der Waals surface area contributed by atoms with E-state index < -0.39 is 0 Å². The number of rotatable bonds is 4. The molecule has 2 rings (SSSR count). The summed E-state index contributed by atoms with van der Waals surface area (Å²) in [5, 5.41) is 3.46. The molecule has 4 heteroatoms. The summed E-state index contributed by atoms with van der Waals surface area (Å²) in [4.78, 5) is 6.83. The molecule has 1 aromatic heterocycles. The Labute approximate surface area is 116 Å². The highest BCUT2D eigenvalue weighted by Gasteiger charge is 2.36. The molecule has 1 aliphatic rings. The van der Waals surface area contributed by atoms with Crippen LogP contribution < -0.4 is 5.32 Å². The molecular weight excluding hydrogens is 238 g/mol. The predicted octanol–water partition coefficient (Wildman–Crippen LogP) is 1.76. The number of hydrogen-bond donors (Lipinski definition) is 1. The molecule has 1 aromatic rings. The number of nitrogens with one attached hydrogen (secondary N) is 1. The predicted molar refractivity (Wildman–Crippen MR) is 77.2 cm³/mol. The first kappa shape index (κ1) is 14.4. The molecule has 0 bridgehead atoms. The number of hydrogen-bond acceptors (Lipinski definition) is 4. The summed E-state index contributed by atoms with van der Waals surface area (Å²) in [5.41, 5.74) is 2.49. The summed E-state index contributed by atoms with van der Waals surface area (Å²) in [6.45, 7) is 10.3. The molecule has 4 nitrogen and oxygen atoms in total. The van der Waals surface area contributed by atoms with Crippen molar-refractivity contribution in [3.8, 4) is 0 Å². The second-order valence-corrected chi connectivity index (χ2v) is 5.77. The lowest BCUT2D eigenvalue weighted by molar-refractivity contribution is -0.0229. The van der Waals surface area contributed by atoms with Crippen molar-refractivity contribution < 1.29 is 4.74 Å². The zero-order chi connectivity index (χ0) is 13.9. The van der Waals surface area contributed by atoms with Crippen LogP contribution in [0.4, 0.5) is 0 Å². The molecule has 1 fully saturated rings. The van der Waals surface area contributed by atoms with Crippen LogP contribution in [-0.2, 0) is 4.74 Å². The normalized spacial score (nSPS) is 19.4. The molecule has 1 saturated heterocycles. The first-order valence-electron chi connectivity index (χ1n) is 6.97. The van der Waals surface area contributed by atoms with Gasteiger partial charge in [0.1, 0.15) is 0 Å². The highest BCUT2D eigenvalue weighted by molar-refractivity contribution is 5.23. The molecule has 2 heterocycles. The fourth-order valence-corrected chi connectivity index (χ4v) is 2.99. The van der Waals surface area contributed by atoms with Gasteiger partial charge in [-0.25, -0.2) is 0 Å². The van der Waals surface area contributed by atoms with E-state index in [2.05, 4.69) is 42.0 Å². The summed E-state index contributed by atoms with van der Waals surface area (Å²) in [5.74, 6) is 0. The second-order valence-electron chi connectivity index (χ2n) is 5.77. The molecule has 0 amide bonds. The topological polar surface area (TPSA) is 37.4 Å². The van der Waals surface area contributed by atoms with Crippen LogP contribution in [0.5, 0.6) is 0 Å². The van der Waals surface area contributed by atoms with E-state index in [0.29, 0.717) is 0 Å². The largest absolute Gasteiger partial charge is 0.379 e. The Morgan fingerprint density at radius 2 is 2.00 bits per heavy atom. The van der Waals surface area contributed by atoms with Crippen molar-refractivity contribution in [2.24, 2.45) is 0 Å². The fourth-order valence-electron chi connectivity index (χ4n) is 2.99. The Balaban J connectivity index is 2.24. The van der Waals surface area contributed by atoms with Crippen molar-refractivity contribution in [1.29, 1.82) is 0 Å². The van der Waals surface area contributed by atoms with Gasteiger partial charge in [-0.15, -0.1) is 0 Å². The van der Waals surface area contributed by atoms with Crippen LogP contribution in [0.25, 0.3) is 0 Å². The highest BCUT2D eigenvalue weighted by atomic mass is 16.5. The zero-order valence-electron chi connectivity index (χ0n) is 12.4. The van der Waals surface area contributed by atoms with E-state index in [1.165, 1.54) is 11.1 Å². The van der Waals surface area contributed by atoms with Crippen LogP contribution in [0.15, 0.2) is 18.5 Å². The average Bonchev–Trinajstić information content (AvgIpc) is 2.40. The minimum Gasteiger partial charge on any atom is -0.379 e. The van der Waals surface area contributed by atoms with Gasteiger partial charge in [-0.3, -0.25) is 9.88 Å². The Morgan fingerprint density at radius 3 is 2.58 bits per heavy atom. The molecule has 0 spiro atoms. The second kappa shape index (κ2) is 5.99. The summed E-state index contributed by atoms with van der Waals surface area (Å²) in [7, 11) is 2.02. The number of pyridine rings is 1. The van der Waals surface area contributed by atoms with Gasteiger partial charge in [0.2, 0.25) is 0 Å². The monoisotopic (exact) mass is 263 g/mol. The van der Waals surface area contributed by atoms with Crippen LogP contribution >= 0.6 is 0 Å². The maximum Gasteiger partial charge on any atom is 0.0594 e. The van der Waals surface area contributed by atoms with E-state index in [4.69, 9.17) is 4.74 Å². The third-order valence-electron chi connectivity index (χ3n) is 4.05. The van der Waals surface area contributed by atoms with Gasteiger partial charge in [0.05, 0.1) is 19.3 Å². The summed E-state index contributed by atoms with van der Waals surface area (Å²) >= 11 is 0. The number of morpholine rings is 1. The van der Waals surface area contributed by atoms with Crippen LogP contribution in [0, 0.1) is 6.92 Å². The maximum absolute atomic E-state index is 5.46. The molecular formula is C15H25N3O. The number of ether oxygens (including phenoxy) is 1. The van der Waals surface area contributed by atoms with Gasteiger partial charge in [0.25, 0.3) is 0 Å². The van der Waals surface area contributed by atoms with E-state index in [1.54, 1.807) is 0 Å². The van der Waals surface area contributed by atoms with Gasteiger partial charge >= 0.3 is 0 Å². The van der Waals surface area contributed by atoms with Crippen LogP contribution in [0.3, 0.4) is 0 Å². The van der Waals surface area contributed by atoms with Crippen molar-refractivity contribution in [2.45, 2.75) is 32.4 Å². The Bertz CT molecular complexity index is 414. The molecule has 1 unspecified atom stereocenters. The van der Waals surface area contributed by atoms with E-state index in [1.807, 2.05) is 19.4 Å². The number of likely N-dealkylation sites (N-methyl/N-ethyl adjacent to an activating group) is 1. The highest BCUT2D eigenvalue weighted by Crippen LogP contribution is 2.31. The summed E-state index contributed by atoms with van der Waals surface area (Å²) in [6.07, 6.45) is 3.87. The third kappa shape index (κ3) is 3.14. The average molecular weight is 263 g/mol. The lowest BCUT2D eigenvalue weighted by Gasteiger charge is -2.45. The van der Waals surface area contributed by atoms with Crippen LogP contribution in [-0.4, -0.2) is 48.8 Å². The van der Waals surface area contributed by atoms with Crippen molar-refractivity contribution in [3.63, 3.8) is 0 Å². The maximum atomic E-state index is 5.46. The van der Waals surface area contributed by atoms with Gasteiger partial charge in [0, 0.05) is 31.0 Å². The molecule has 1 aliphatic heterocycles. The van der Waals surface area contributed by atoms with Gasteiger partial charge in [-0.05, 0) is 38.9 Å². The minimum absolute atomic E-state index is 0.0357. The Hall–Kier alpha value is -0.970. The molecule has 0 aromatic carbocycles. The van der Waals surface area contributed by atoms with Gasteiger partial charge < -0.3 is 10.1 Å². The summed E-state index contributed by atoms with van der Waals surface area (Å²) in [6, 6.07) is 2.48. The standard InChI is InChI=1S/C15H25N3O/c1-12-9-13(11-17-10-12)14(16-4)15(2,3)18-5-7-19-8-6-18/h9-11,14,16H,5-8H2,1-4H3. The lowest BCUT2D eigenvalue weighted by Crippen LogP contribution is -2.55. The Kier molecular flexibility index (Phi) is 4.55. The van der Waals surface area contributed by atoms with Gasteiger partial charge in [0.15, 0.2) is 0 Å². The van der Waals surface area contributed by atoms with Gasteiger partial charge in [-0.2, -0.15) is 0 Å². The zero-order valence-corrected chi connectivity index (χ0v) is 12.4. The van der Waals surface area contributed by atoms with E-state index in [9.17, 15) is 0 Å². The molecule has 0 aliphatic carbocycles. The smallest absolute Gasteiger partial charge is 0.0594 e. The van der Waals surface area contributed by atoms with Crippen LogP contribution in [0.1, 0.15) is 31.0 Å². The molecule has 0 saturated carbocycles. The quantitative estimate of drug-likeness (QED) is 0.898. The molecule has 1 atom stereocenters. The molecule has 1 N–H and O–H groups in total. The van der Waals surface area contributed by atoms with Crippen molar-refractivity contribution in [2.75, 3.05) is 33.4 Å². The number of nitrogens with zero attached hydrogens (tertiary/aromatic N) is 2. The summed E-state index contributed by atoms with van der Waals surface area (Å²) < 4.78 is 5.46. The first-order valence-corrected chi connectivity index (χ1v) is 6.97.